The van der Waals surface area contributed by atoms with Gasteiger partial charge < -0.3 is 11.7 Å². The third-order valence-corrected chi connectivity index (χ3v) is 0. The maximum atomic E-state index is 8.69. The van der Waals surface area contributed by atoms with E-state index in [4.69, 9.17) is 4.79 Å². The molecule has 0 aliphatic rings. The number of carbonyl (C=O) groups excluding carboxylic acids is 1. The Bertz CT molecular complexity index is 13.5. The van der Waals surface area contributed by atoms with Crippen LogP contribution < -0.4 is 0 Å². The molecule has 0 fully saturated rings. The van der Waals surface area contributed by atoms with Crippen LogP contribution >= 0.6 is 0 Å². The van der Waals surface area contributed by atoms with Gasteiger partial charge in [0.15, 0.2) is 0 Å². The van der Waals surface area contributed by atoms with Gasteiger partial charge in [-0.15, -0.1) is 0 Å². The molecule has 0 spiro atoms. The molecule has 1 nitrogen and oxygen atoms in total. The number of hydrogen-bond acceptors (Lipinski definition) is 1. The standard InChI is InChI=1S/C2H3O.Ti/c1-2-3;/h2H,1H2;/q-1;. The van der Waals surface area contributed by atoms with Gasteiger partial charge in [-0.25, -0.2) is 0 Å². The molecule has 0 unspecified atom stereocenters. The number of rotatable bonds is 0. The Morgan fingerprint density at radius 3 is 1.75 bits per heavy atom. The number of carbonyl (C=O) groups is 1. The second-order valence-corrected chi connectivity index (χ2v) is 0.167. The van der Waals surface area contributed by atoms with Gasteiger partial charge in [-0.2, -0.15) is 0 Å². The smallest absolute Gasteiger partial charge is 0 e. The Kier molecular flexibility index (Phi) is 23.3. The van der Waals surface area contributed by atoms with E-state index >= 15 is 0 Å². The second kappa shape index (κ2) is 10.5. The van der Waals surface area contributed by atoms with Crippen molar-refractivity contribution in [3.8, 4) is 0 Å². The molecule has 0 rings (SSSR count). The van der Waals surface area contributed by atoms with Crippen LogP contribution in [-0.2, 0) is 26.5 Å². The zero-order valence-corrected chi connectivity index (χ0v) is 3.75. The van der Waals surface area contributed by atoms with Gasteiger partial charge in [0.2, 0.25) is 0 Å². The number of aldehydes is 1. The van der Waals surface area contributed by atoms with Gasteiger partial charge in [0.25, 0.3) is 0 Å². The second-order valence-electron chi connectivity index (χ2n) is 0.167. The van der Waals surface area contributed by atoms with Crippen molar-refractivity contribution in [1.82, 2.24) is 0 Å². The summed E-state index contributed by atoms with van der Waals surface area (Å²) in [5, 5.41) is 0. The maximum absolute atomic E-state index is 8.69. The Balaban J connectivity index is 0. The van der Waals surface area contributed by atoms with E-state index in [9.17, 15) is 0 Å². The fourth-order valence-corrected chi connectivity index (χ4v) is 0. The first-order valence-corrected chi connectivity index (χ1v) is 0.644. The average molecular weight is 90.9 g/mol. The quantitative estimate of drug-likeness (QED) is 0.233. The fraction of sp³-hybridized carbons (Fsp3) is 0. The van der Waals surface area contributed by atoms with Crippen molar-refractivity contribution >= 4 is 6.29 Å². The molecule has 0 atom stereocenters. The first-order chi connectivity index (χ1) is 1.41. The van der Waals surface area contributed by atoms with Crippen molar-refractivity contribution in [1.29, 1.82) is 0 Å². The summed E-state index contributed by atoms with van der Waals surface area (Å²) in [4.78, 5) is 8.69. The topological polar surface area (TPSA) is 17.1 Å². The molecule has 0 radical (unpaired) electrons. The molecule has 2 heteroatoms. The SMILES string of the molecule is [CH2-]C=O.[Ti]. The van der Waals surface area contributed by atoms with Crippen LogP contribution in [0.5, 0.6) is 0 Å². The predicted molar refractivity (Wildman–Crippen MR) is 11.4 cm³/mol. The Labute approximate surface area is 40.3 Å². The van der Waals surface area contributed by atoms with E-state index in [1.807, 2.05) is 0 Å². The van der Waals surface area contributed by atoms with E-state index in [1.54, 1.807) is 0 Å². The first kappa shape index (κ1) is 8.87. The molecule has 0 saturated carbocycles. The van der Waals surface area contributed by atoms with Crippen LogP contribution in [-0.4, -0.2) is 6.29 Å². The van der Waals surface area contributed by atoms with E-state index in [-0.39, 0.29) is 21.7 Å². The summed E-state index contributed by atoms with van der Waals surface area (Å²) in [6.07, 6.45) is 0.500. The molecule has 4 heavy (non-hydrogen) atoms. The van der Waals surface area contributed by atoms with Crippen molar-refractivity contribution in [3.63, 3.8) is 0 Å². The van der Waals surface area contributed by atoms with Crippen molar-refractivity contribution in [2.75, 3.05) is 0 Å². The first-order valence-electron chi connectivity index (χ1n) is 0.644. The van der Waals surface area contributed by atoms with E-state index in [2.05, 4.69) is 6.92 Å². The summed E-state index contributed by atoms with van der Waals surface area (Å²) in [5.41, 5.74) is 0. The molecule has 0 aliphatic carbocycles. The van der Waals surface area contributed by atoms with Crippen LogP contribution in [0.15, 0.2) is 0 Å². The molecule has 0 saturated heterocycles. The van der Waals surface area contributed by atoms with Gasteiger partial charge in [-0.1, -0.05) is 0 Å². The Morgan fingerprint density at radius 2 is 1.75 bits per heavy atom. The molecule has 0 aromatic rings. The van der Waals surface area contributed by atoms with Crippen LogP contribution in [0, 0.1) is 6.92 Å². The summed E-state index contributed by atoms with van der Waals surface area (Å²) >= 11 is 0. The summed E-state index contributed by atoms with van der Waals surface area (Å²) in [6, 6.07) is 0. The minimum atomic E-state index is 0. The van der Waals surface area contributed by atoms with Crippen LogP contribution in [0.1, 0.15) is 0 Å². The van der Waals surface area contributed by atoms with Crippen LogP contribution in [0.3, 0.4) is 0 Å². The summed E-state index contributed by atoms with van der Waals surface area (Å²) < 4.78 is 0. The molecule has 0 aromatic carbocycles. The van der Waals surface area contributed by atoms with Crippen molar-refractivity contribution in [2.24, 2.45) is 0 Å². The fourth-order valence-electron chi connectivity index (χ4n) is 0. The van der Waals surface area contributed by atoms with Crippen molar-refractivity contribution < 1.29 is 26.5 Å². The van der Waals surface area contributed by atoms with Gasteiger partial charge in [0.05, 0.1) is 0 Å². The normalized spacial score (nSPS) is 3.00. The molecular formula is C2H3OTi-. The number of hydrogen-bond donors (Lipinski definition) is 0. The van der Waals surface area contributed by atoms with Crippen molar-refractivity contribution in [3.05, 3.63) is 6.92 Å². The van der Waals surface area contributed by atoms with E-state index in [0.29, 0.717) is 6.29 Å². The van der Waals surface area contributed by atoms with E-state index < -0.39 is 0 Å². The zero-order valence-electron chi connectivity index (χ0n) is 2.19. The minimum absolute atomic E-state index is 0. The third kappa shape index (κ3) is 54.8. The van der Waals surface area contributed by atoms with Crippen LogP contribution in [0.2, 0.25) is 0 Å². The van der Waals surface area contributed by atoms with Gasteiger partial charge >= 0.3 is 0 Å². The molecule has 22 valence electrons. The summed E-state index contributed by atoms with van der Waals surface area (Å²) in [7, 11) is 0. The monoisotopic (exact) mass is 91.0 g/mol. The Hall–Kier alpha value is 0.254. The van der Waals surface area contributed by atoms with Crippen LogP contribution in [0.4, 0.5) is 0 Å². The molecule has 0 amide bonds. The van der Waals surface area contributed by atoms with E-state index in [0.717, 1.165) is 0 Å². The molecule has 0 bridgehead atoms. The molecule has 0 aliphatic heterocycles. The van der Waals surface area contributed by atoms with Gasteiger partial charge in [0, 0.05) is 21.7 Å². The average Bonchev–Trinajstić information content (AvgIpc) is 0.918. The summed E-state index contributed by atoms with van der Waals surface area (Å²) in [5.74, 6) is 0. The molecule has 0 N–H and O–H groups in total. The summed E-state index contributed by atoms with van der Waals surface area (Å²) in [6.45, 7) is 2.81. The zero-order chi connectivity index (χ0) is 2.71. The third-order valence-electron chi connectivity index (χ3n) is 0. The predicted octanol–water partition coefficient (Wildman–Crippen LogP) is 0.0169. The Morgan fingerprint density at radius 1 is 1.75 bits per heavy atom. The van der Waals surface area contributed by atoms with Gasteiger partial charge in [-0.05, 0) is 6.29 Å². The van der Waals surface area contributed by atoms with Gasteiger partial charge in [0.1, 0.15) is 0 Å². The minimum Gasteiger partial charge on any atom is -0.343 e. The van der Waals surface area contributed by atoms with Crippen molar-refractivity contribution in [2.45, 2.75) is 0 Å². The van der Waals surface area contributed by atoms with Gasteiger partial charge in [-0.3, -0.25) is 0 Å². The maximum Gasteiger partial charge on any atom is 0 e. The largest absolute Gasteiger partial charge is 0.343 e. The van der Waals surface area contributed by atoms with Crippen LogP contribution in [0.25, 0.3) is 0 Å². The molecular weight excluding hydrogens is 87.9 g/mol. The molecule has 0 aromatic heterocycles. The van der Waals surface area contributed by atoms with E-state index in [1.165, 1.54) is 0 Å². The molecule has 0 heterocycles.